The minimum Gasteiger partial charge on any atom is -0.312 e. The topological polar surface area (TPSA) is 57.1 Å². The highest BCUT2D eigenvalue weighted by molar-refractivity contribution is 6.35. The van der Waals surface area contributed by atoms with Crippen LogP contribution < -0.4 is 11.4 Å². The van der Waals surface area contributed by atoms with Crippen LogP contribution in [-0.4, -0.2) is 9.31 Å². The number of hydrogen-bond donors (Lipinski definition) is 0. The predicted molar refractivity (Wildman–Crippen MR) is 59.6 cm³/mol. The van der Waals surface area contributed by atoms with Crippen LogP contribution in [0.4, 0.5) is 0 Å². The number of aromatic nitrogens is 2. The SMILES string of the molecule is Cn1c(=O)on(-c2ccc(Cl)cc2Cl)c1=O. The van der Waals surface area contributed by atoms with E-state index in [0.717, 1.165) is 9.31 Å². The zero-order valence-corrected chi connectivity index (χ0v) is 9.62. The first-order valence-electron chi connectivity index (χ1n) is 4.25. The number of nitrogens with zero attached hydrogens (tertiary/aromatic N) is 2. The van der Waals surface area contributed by atoms with Gasteiger partial charge in [-0.3, -0.25) is 0 Å². The molecule has 1 aromatic carbocycles. The lowest BCUT2D eigenvalue weighted by atomic mass is 10.3. The molecular formula is C9H6Cl2N2O3. The summed E-state index contributed by atoms with van der Waals surface area (Å²) >= 11 is 11.6. The second-order valence-corrected chi connectivity index (χ2v) is 3.93. The molecule has 2 aromatic rings. The molecule has 1 heterocycles. The van der Waals surface area contributed by atoms with Crippen molar-refractivity contribution < 1.29 is 4.52 Å². The summed E-state index contributed by atoms with van der Waals surface area (Å²) in [6, 6.07) is 4.50. The van der Waals surface area contributed by atoms with Gasteiger partial charge >= 0.3 is 11.4 Å². The standard InChI is InChI=1S/C9H6Cl2N2O3/c1-12-8(14)13(16-9(12)15)7-3-2-5(10)4-6(7)11/h2-4H,1H3. The van der Waals surface area contributed by atoms with Gasteiger partial charge in [0.1, 0.15) is 5.69 Å². The second-order valence-electron chi connectivity index (χ2n) is 3.09. The van der Waals surface area contributed by atoms with Gasteiger partial charge in [0.15, 0.2) is 0 Å². The molecule has 0 aliphatic carbocycles. The van der Waals surface area contributed by atoms with Crippen molar-refractivity contribution in [1.29, 1.82) is 0 Å². The maximum absolute atomic E-state index is 11.6. The summed E-state index contributed by atoms with van der Waals surface area (Å²) in [5, 5.41) is 0.657. The Morgan fingerprint density at radius 3 is 2.44 bits per heavy atom. The molecule has 1 aromatic heterocycles. The average Bonchev–Trinajstić information content (AvgIpc) is 2.46. The molecule has 7 heteroatoms. The Balaban J connectivity index is 2.73. The first-order valence-corrected chi connectivity index (χ1v) is 5.01. The quantitative estimate of drug-likeness (QED) is 0.780. The summed E-state index contributed by atoms with van der Waals surface area (Å²) in [7, 11) is 1.31. The van der Waals surface area contributed by atoms with Gasteiger partial charge in [-0.1, -0.05) is 23.2 Å². The maximum atomic E-state index is 11.6. The molecular weight excluding hydrogens is 255 g/mol. The molecule has 0 bridgehead atoms. The molecule has 0 saturated carbocycles. The van der Waals surface area contributed by atoms with Crippen LogP contribution in [0.15, 0.2) is 32.3 Å². The van der Waals surface area contributed by atoms with Crippen molar-refractivity contribution in [3.63, 3.8) is 0 Å². The molecule has 5 nitrogen and oxygen atoms in total. The van der Waals surface area contributed by atoms with Crippen molar-refractivity contribution in [1.82, 2.24) is 9.31 Å². The summed E-state index contributed by atoms with van der Waals surface area (Å²) in [6.07, 6.45) is 0. The summed E-state index contributed by atoms with van der Waals surface area (Å²) < 4.78 is 6.39. The van der Waals surface area contributed by atoms with Crippen molar-refractivity contribution in [2.45, 2.75) is 0 Å². The fourth-order valence-electron chi connectivity index (χ4n) is 1.19. The number of halogens is 2. The Morgan fingerprint density at radius 2 is 1.94 bits per heavy atom. The molecule has 0 aliphatic rings. The van der Waals surface area contributed by atoms with Crippen LogP contribution in [0.25, 0.3) is 5.69 Å². The van der Waals surface area contributed by atoms with E-state index < -0.39 is 11.4 Å². The zero-order chi connectivity index (χ0) is 11.9. The summed E-state index contributed by atoms with van der Waals surface area (Å²) in [5.74, 6) is -0.754. The van der Waals surface area contributed by atoms with Crippen molar-refractivity contribution in [3.05, 3.63) is 49.3 Å². The number of benzene rings is 1. The fraction of sp³-hybridized carbons (Fsp3) is 0.111. The van der Waals surface area contributed by atoms with Crippen LogP contribution in [0.5, 0.6) is 0 Å². The molecule has 0 N–H and O–H groups in total. The molecule has 0 fully saturated rings. The predicted octanol–water partition coefficient (Wildman–Crippen LogP) is 1.44. The van der Waals surface area contributed by atoms with Crippen LogP contribution in [0.2, 0.25) is 10.0 Å². The highest BCUT2D eigenvalue weighted by atomic mass is 35.5. The van der Waals surface area contributed by atoms with E-state index in [0.29, 0.717) is 5.02 Å². The largest absolute Gasteiger partial charge is 0.442 e. The second kappa shape index (κ2) is 3.84. The van der Waals surface area contributed by atoms with Crippen LogP contribution in [-0.2, 0) is 7.05 Å². The Morgan fingerprint density at radius 1 is 1.25 bits per heavy atom. The summed E-state index contributed by atoms with van der Waals surface area (Å²) in [6.45, 7) is 0. The lowest BCUT2D eigenvalue weighted by Gasteiger charge is -2.01. The Bertz CT molecular complexity index is 654. The van der Waals surface area contributed by atoms with Gasteiger partial charge in [0.25, 0.3) is 0 Å². The Hall–Kier alpha value is -1.46. The van der Waals surface area contributed by atoms with Crippen molar-refractivity contribution in [2.24, 2.45) is 7.05 Å². The van der Waals surface area contributed by atoms with Crippen molar-refractivity contribution in [2.75, 3.05) is 0 Å². The molecule has 0 radical (unpaired) electrons. The van der Waals surface area contributed by atoms with Crippen molar-refractivity contribution >= 4 is 23.2 Å². The number of hydrogen-bond acceptors (Lipinski definition) is 3. The number of rotatable bonds is 1. The highest BCUT2D eigenvalue weighted by Crippen LogP contribution is 2.22. The van der Waals surface area contributed by atoms with Gasteiger partial charge in [0.05, 0.1) is 5.02 Å². The first-order chi connectivity index (χ1) is 7.50. The average molecular weight is 261 g/mol. The zero-order valence-electron chi connectivity index (χ0n) is 8.11. The van der Waals surface area contributed by atoms with Gasteiger partial charge in [0.2, 0.25) is 0 Å². The van der Waals surface area contributed by atoms with Crippen molar-refractivity contribution in [3.8, 4) is 5.69 Å². The van der Waals surface area contributed by atoms with Gasteiger partial charge in [-0.15, -0.1) is 4.74 Å². The van der Waals surface area contributed by atoms with E-state index in [1.165, 1.54) is 19.2 Å². The third-order valence-corrected chi connectivity index (χ3v) is 2.57. The Kier molecular flexibility index (Phi) is 2.65. The van der Waals surface area contributed by atoms with Gasteiger partial charge in [-0.25, -0.2) is 14.2 Å². The maximum Gasteiger partial charge on any atom is 0.442 e. The van der Waals surface area contributed by atoms with Gasteiger partial charge in [-0.2, -0.15) is 0 Å². The van der Waals surface area contributed by atoms with Gasteiger partial charge in [0, 0.05) is 12.1 Å². The molecule has 0 unspecified atom stereocenters. The van der Waals surface area contributed by atoms with E-state index in [2.05, 4.69) is 0 Å². The lowest BCUT2D eigenvalue weighted by molar-refractivity contribution is 0.312. The normalized spacial score (nSPS) is 10.7. The fourth-order valence-corrected chi connectivity index (χ4v) is 1.68. The van der Waals surface area contributed by atoms with Gasteiger partial charge < -0.3 is 4.52 Å². The molecule has 0 saturated heterocycles. The molecule has 84 valence electrons. The third-order valence-electron chi connectivity index (χ3n) is 2.03. The highest BCUT2D eigenvalue weighted by Gasteiger charge is 2.12. The van der Waals surface area contributed by atoms with E-state index in [-0.39, 0.29) is 10.7 Å². The monoisotopic (exact) mass is 260 g/mol. The van der Waals surface area contributed by atoms with Crippen LogP contribution in [0.3, 0.4) is 0 Å². The molecule has 16 heavy (non-hydrogen) atoms. The van der Waals surface area contributed by atoms with E-state index in [9.17, 15) is 9.59 Å². The van der Waals surface area contributed by atoms with E-state index >= 15 is 0 Å². The Labute approximate surface area is 99.4 Å². The van der Waals surface area contributed by atoms with Crippen LogP contribution in [0.1, 0.15) is 0 Å². The smallest absolute Gasteiger partial charge is 0.312 e. The lowest BCUT2D eigenvalue weighted by Crippen LogP contribution is -2.25. The van der Waals surface area contributed by atoms with Crippen LogP contribution in [0, 0.1) is 0 Å². The van der Waals surface area contributed by atoms with E-state index in [1.807, 2.05) is 0 Å². The first kappa shape index (κ1) is 11.0. The third kappa shape index (κ3) is 1.68. The van der Waals surface area contributed by atoms with E-state index in [1.54, 1.807) is 6.07 Å². The molecule has 0 spiro atoms. The van der Waals surface area contributed by atoms with Gasteiger partial charge in [-0.05, 0) is 18.2 Å². The minimum absolute atomic E-state index is 0.226. The summed E-state index contributed by atoms with van der Waals surface area (Å²) in [5.41, 5.74) is -0.331. The van der Waals surface area contributed by atoms with E-state index in [4.69, 9.17) is 27.7 Å². The summed E-state index contributed by atoms with van der Waals surface area (Å²) in [4.78, 5) is 22.7. The molecule has 0 atom stereocenters. The van der Waals surface area contributed by atoms with Crippen LogP contribution >= 0.6 is 23.2 Å². The minimum atomic E-state index is -0.754. The molecule has 0 aliphatic heterocycles. The molecule has 2 rings (SSSR count). The molecule has 0 amide bonds.